The summed E-state index contributed by atoms with van der Waals surface area (Å²) in [4.78, 5) is 25.0. The van der Waals surface area contributed by atoms with E-state index in [1.165, 1.54) is 9.80 Å². The molecule has 0 spiro atoms. The minimum Gasteiger partial charge on any atom is -0.480 e. The highest BCUT2D eigenvalue weighted by atomic mass is 16.4. The van der Waals surface area contributed by atoms with Gasteiger partial charge in [-0.05, 0) is 13.3 Å². The Bertz CT molecular complexity index is 256. The summed E-state index contributed by atoms with van der Waals surface area (Å²) in [5, 5.41) is 17.9. The summed E-state index contributed by atoms with van der Waals surface area (Å²) in [6.07, 6.45) is 0.0913. The van der Waals surface area contributed by atoms with Crippen molar-refractivity contribution >= 4 is 12.0 Å². The number of hydrogen-bond acceptors (Lipinski definition) is 3. The van der Waals surface area contributed by atoms with Crippen LogP contribution in [0.1, 0.15) is 13.3 Å². The minimum absolute atomic E-state index is 0.290. The van der Waals surface area contributed by atoms with E-state index in [0.29, 0.717) is 26.1 Å². The molecule has 0 saturated carbocycles. The van der Waals surface area contributed by atoms with Crippen molar-refractivity contribution in [1.29, 1.82) is 0 Å². The van der Waals surface area contributed by atoms with E-state index in [-0.39, 0.29) is 12.6 Å². The molecular formula is C9H16N2O4. The molecule has 0 aromatic rings. The van der Waals surface area contributed by atoms with Crippen molar-refractivity contribution in [2.75, 3.05) is 26.2 Å². The third-order valence-electron chi connectivity index (χ3n) is 2.41. The van der Waals surface area contributed by atoms with Crippen LogP contribution in [0.5, 0.6) is 0 Å². The molecule has 1 atom stereocenters. The molecule has 0 aromatic carbocycles. The number of hydrogen-bond donors (Lipinski definition) is 2. The van der Waals surface area contributed by atoms with Crippen LogP contribution in [0.25, 0.3) is 0 Å². The number of nitrogens with zero attached hydrogens (tertiary/aromatic N) is 2. The summed E-state index contributed by atoms with van der Waals surface area (Å²) in [7, 11) is 0. The van der Waals surface area contributed by atoms with E-state index >= 15 is 0 Å². The van der Waals surface area contributed by atoms with E-state index < -0.39 is 12.1 Å². The van der Waals surface area contributed by atoms with E-state index in [1.54, 1.807) is 6.92 Å². The number of likely N-dealkylation sites (tertiary alicyclic amines) is 1. The Kier molecular flexibility index (Phi) is 3.90. The molecule has 1 unspecified atom stereocenters. The molecule has 15 heavy (non-hydrogen) atoms. The Balaban J connectivity index is 2.53. The van der Waals surface area contributed by atoms with Crippen LogP contribution < -0.4 is 0 Å². The molecule has 1 fully saturated rings. The predicted molar refractivity (Wildman–Crippen MR) is 52.5 cm³/mol. The van der Waals surface area contributed by atoms with Crippen molar-refractivity contribution in [2.24, 2.45) is 0 Å². The molecule has 1 aliphatic rings. The Morgan fingerprint density at radius 2 is 2.20 bits per heavy atom. The number of amides is 2. The number of rotatable bonds is 3. The minimum atomic E-state index is -1.02. The smallest absolute Gasteiger partial charge is 0.323 e. The molecule has 86 valence electrons. The zero-order valence-electron chi connectivity index (χ0n) is 8.72. The Morgan fingerprint density at radius 1 is 1.53 bits per heavy atom. The number of carboxylic acids is 1. The molecule has 1 saturated heterocycles. The zero-order chi connectivity index (χ0) is 11.4. The predicted octanol–water partition coefficient (Wildman–Crippen LogP) is -0.421. The lowest BCUT2D eigenvalue weighted by molar-refractivity contribution is -0.137. The van der Waals surface area contributed by atoms with Crippen molar-refractivity contribution in [3.8, 4) is 0 Å². The molecule has 6 nitrogen and oxygen atoms in total. The Morgan fingerprint density at radius 3 is 2.60 bits per heavy atom. The first-order valence-electron chi connectivity index (χ1n) is 4.98. The molecule has 0 bridgehead atoms. The normalized spacial score (nSPS) is 20.4. The topological polar surface area (TPSA) is 81.1 Å². The molecule has 0 radical (unpaired) electrons. The quantitative estimate of drug-likeness (QED) is 0.671. The molecule has 2 amide bonds. The van der Waals surface area contributed by atoms with E-state index in [2.05, 4.69) is 0 Å². The highest BCUT2D eigenvalue weighted by Crippen LogP contribution is 2.11. The van der Waals surface area contributed by atoms with Gasteiger partial charge < -0.3 is 20.0 Å². The van der Waals surface area contributed by atoms with Crippen molar-refractivity contribution < 1.29 is 19.8 Å². The first-order chi connectivity index (χ1) is 7.04. The van der Waals surface area contributed by atoms with Gasteiger partial charge in [-0.15, -0.1) is 0 Å². The monoisotopic (exact) mass is 216 g/mol. The summed E-state index contributed by atoms with van der Waals surface area (Å²) in [6, 6.07) is -0.309. The average molecular weight is 216 g/mol. The molecule has 1 rings (SSSR count). The summed E-state index contributed by atoms with van der Waals surface area (Å²) >= 11 is 0. The van der Waals surface area contributed by atoms with E-state index in [1.807, 2.05) is 0 Å². The largest absolute Gasteiger partial charge is 0.480 e. The van der Waals surface area contributed by atoms with Crippen LogP contribution in [0.2, 0.25) is 0 Å². The van der Waals surface area contributed by atoms with Crippen LogP contribution in [-0.2, 0) is 4.79 Å². The Hall–Kier alpha value is -1.30. The van der Waals surface area contributed by atoms with Gasteiger partial charge in [-0.2, -0.15) is 0 Å². The van der Waals surface area contributed by atoms with Gasteiger partial charge in [0.15, 0.2) is 0 Å². The first kappa shape index (κ1) is 11.8. The fraction of sp³-hybridized carbons (Fsp3) is 0.778. The van der Waals surface area contributed by atoms with Crippen LogP contribution in [0, 0.1) is 0 Å². The fourth-order valence-electron chi connectivity index (χ4n) is 1.59. The van der Waals surface area contributed by atoms with Gasteiger partial charge in [0.25, 0.3) is 0 Å². The molecule has 0 aromatic heterocycles. The van der Waals surface area contributed by atoms with Gasteiger partial charge in [0.1, 0.15) is 6.54 Å². The second kappa shape index (κ2) is 4.97. The lowest BCUT2D eigenvalue weighted by Gasteiger charge is -2.25. The molecular weight excluding hydrogens is 200 g/mol. The van der Waals surface area contributed by atoms with Gasteiger partial charge >= 0.3 is 12.0 Å². The van der Waals surface area contributed by atoms with E-state index in [0.717, 1.165) is 0 Å². The number of carbonyl (C=O) groups excluding carboxylic acids is 1. The van der Waals surface area contributed by atoms with Gasteiger partial charge in [-0.3, -0.25) is 4.79 Å². The first-order valence-corrected chi connectivity index (χ1v) is 4.98. The molecule has 6 heteroatoms. The van der Waals surface area contributed by atoms with E-state index in [9.17, 15) is 14.7 Å². The van der Waals surface area contributed by atoms with Crippen LogP contribution in [0.4, 0.5) is 4.79 Å². The summed E-state index contributed by atoms with van der Waals surface area (Å²) in [5.74, 6) is -1.02. The Labute approximate surface area is 88.1 Å². The summed E-state index contributed by atoms with van der Waals surface area (Å²) in [5.41, 5.74) is 0. The number of carbonyl (C=O) groups is 2. The number of likely N-dealkylation sites (N-methyl/N-ethyl adjacent to an activating group) is 1. The standard InChI is InChI=1S/C9H16N2O4/c1-2-10(6-8(13)14)9(15)11-4-3-7(12)5-11/h7,12H,2-6H2,1H3,(H,13,14). The molecule has 0 aliphatic carbocycles. The number of carboxylic acid groups (broad SMARTS) is 1. The van der Waals surface area contributed by atoms with Gasteiger partial charge in [-0.25, -0.2) is 4.79 Å². The maximum Gasteiger partial charge on any atom is 0.323 e. The van der Waals surface area contributed by atoms with Gasteiger partial charge in [0.2, 0.25) is 0 Å². The molecule has 1 heterocycles. The number of aliphatic hydroxyl groups excluding tert-OH is 1. The second-order valence-corrected chi connectivity index (χ2v) is 3.58. The van der Waals surface area contributed by atoms with Crippen molar-refractivity contribution in [3.05, 3.63) is 0 Å². The lowest BCUT2D eigenvalue weighted by atomic mass is 10.3. The highest BCUT2D eigenvalue weighted by Gasteiger charge is 2.28. The van der Waals surface area contributed by atoms with Gasteiger partial charge in [0, 0.05) is 19.6 Å². The van der Waals surface area contributed by atoms with Crippen molar-refractivity contribution in [3.63, 3.8) is 0 Å². The van der Waals surface area contributed by atoms with Crippen LogP contribution in [0.3, 0.4) is 0 Å². The van der Waals surface area contributed by atoms with Gasteiger partial charge in [-0.1, -0.05) is 0 Å². The maximum absolute atomic E-state index is 11.7. The van der Waals surface area contributed by atoms with Crippen molar-refractivity contribution in [2.45, 2.75) is 19.4 Å². The van der Waals surface area contributed by atoms with Crippen LogP contribution >= 0.6 is 0 Å². The SMILES string of the molecule is CCN(CC(=O)O)C(=O)N1CCC(O)C1. The second-order valence-electron chi connectivity index (χ2n) is 3.58. The number of aliphatic hydroxyl groups is 1. The van der Waals surface area contributed by atoms with Crippen LogP contribution in [0.15, 0.2) is 0 Å². The highest BCUT2D eigenvalue weighted by molar-refractivity contribution is 5.80. The summed E-state index contributed by atoms with van der Waals surface area (Å²) in [6.45, 7) is 2.60. The number of urea groups is 1. The van der Waals surface area contributed by atoms with Crippen LogP contribution in [-0.4, -0.2) is 64.3 Å². The third-order valence-corrected chi connectivity index (χ3v) is 2.41. The summed E-state index contributed by atoms with van der Waals surface area (Å²) < 4.78 is 0. The average Bonchev–Trinajstić information content (AvgIpc) is 2.60. The number of β-amino-alcohol motifs (C(OH)–C–C–N with tert-alkyl or cyclic N) is 1. The third kappa shape index (κ3) is 3.09. The fourth-order valence-corrected chi connectivity index (χ4v) is 1.59. The maximum atomic E-state index is 11.7. The van der Waals surface area contributed by atoms with Crippen molar-refractivity contribution in [1.82, 2.24) is 9.80 Å². The zero-order valence-corrected chi connectivity index (χ0v) is 8.72. The molecule has 2 N–H and O–H groups in total. The van der Waals surface area contributed by atoms with E-state index in [4.69, 9.17) is 5.11 Å². The molecule has 1 aliphatic heterocycles. The van der Waals surface area contributed by atoms with Gasteiger partial charge in [0.05, 0.1) is 6.10 Å². The number of aliphatic carboxylic acids is 1. The lowest BCUT2D eigenvalue weighted by Crippen LogP contribution is -2.44.